The van der Waals surface area contributed by atoms with Crippen LogP contribution in [0.15, 0.2) is 48.5 Å². The van der Waals surface area contributed by atoms with Crippen molar-refractivity contribution in [1.82, 2.24) is 14.7 Å². The van der Waals surface area contributed by atoms with Gasteiger partial charge in [0.1, 0.15) is 5.75 Å². The molecule has 0 aromatic heterocycles. The quantitative estimate of drug-likeness (QED) is 0.751. The number of benzene rings is 2. The van der Waals surface area contributed by atoms with Gasteiger partial charge in [-0.1, -0.05) is 36.4 Å². The Morgan fingerprint density at radius 1 is 1.03 bits per heavy atom. The molecule has 1 heterocycles. The molecular weight excluding hydrogens is 362 g/mol. The van der Waals surface area contributed by atoms with Gasteiger partial charge < -0.3 is 14.5 Å². The maximum atomic E-state index is 13.4. The average Bonchev–Trinajstić information content (AvgIpc) is 2.72. The van der Waals surface area contributed by atoms with E-state index in [1.165, 1.54) is 0 Å². The number of piperazine rings is 1. The van der Waals surface area contributed by atoms with E-state index >= 15 is 0 Å². The van der Waals surface area contributed by atoms with Crippen LogP contribution < -0.4 is 4.74 Å². The zero-order chi connectivity index (χ0) is 21.0. The Kier molecular flexibility index (Phi) is 6.93. The van der Waals surface area contributed by atoms with E-state index in [2.05, 4.69) is 49.9 Å². The van der Waals surface area contributed by atoms with Crippen molar-refractivity contribution in [2.45, 2.75) is 25.9 Å². The van der Waals surface area contributed by atoms with Crippen LogP contribution in [-0.2, 0) is 0 Å². The van der Waals surface area contributed by atoms with Crippen LogP contribution in [0.3, 0.4) is 0 Å². The molecule has 1 amide bonds. The number of ether oxygens (including phenoxy) is 1. The van der Waals surface area contributed by atoms with Crippen LogP contribution in [0, 0.1) is 0 Å². The lowest BCUT2D eigenvalue weighted by molar-refractivity contribution is 0.0281. The van der Waals surface area contributed by atoms with Crippen molar-refractivity contribution in [2.75, 3.05) is 47.4 Å². The van der Waals surface area contributed by atoms with Crippen LogP contribution in [0.1, 0.15) is 24.2 Å². The Balaban J connectivity index is 1.81. The molecular formula is C24H33N3O2. The number of nitrogens with zero attached hydrogens (tertiary/aromatic N) is 3. The molecule has 0 radical (unpaired) electrons. The minimum Gasteiger partial charge on any atom is -0.496 e. The molecule has 1 saturated heterocycles. The molecule has 29 heavy (non-hydrogen) atoms. The normalized spacial score (nSPS) is 20.1. The molecule has 1 fully saturated rings. The topological polar surface area (TPSA) is 36.0 Å². The van der Waals surface area contributed by atoms with E-state index in [-0.39, 0.29) is 5.91 Å². The van der Waals surface area contributed by atoms with Gasteiger partial charge >= 0.3 is 0 Å². The lowest BCUT2D eigenvalue weighted by atomic mass is 10.0. The third-order valence-electron chi connectivity index (χ3n) is 5.73. The van der Waals surface area contributed by atoms with Crippen molar-refractivity contribution in [3.8, 4) is 16.9 Å². The van der Waals surface area contributed by atoms with Gasteiger partial charge in [-0.15, -0.1) is 0 Å². The van der Waals surface area contributed by atoms with Gasteiger partial charge in [0.25, 0.3) is 5.91 Å². The fourth-order valence-corrected chi connectivity index (χ4v) is 4.13. The number of methoxy groups -OCH3 is 1. The van der Waals surface area contributed by atoms with E-state index in [1.807, 2.05) is 41.3 Å². The molecule has 0 bridgehead atoms. The lowest BCUT2D eigenvalue weighted by Gasteiger charge is -2.45. The highest BCUT2D eigenvalue weighted by Gasteiger charge is 2.32. The Morgan fingerprint density at radius 2 is 1.69 bits per heavy atom. The molecule has 3 rings (SSSR count). The highest BCUT2D eigenvalue weighted by atomic mass is 16.5. The predicted molar refractivity (Wildman–Crippen MR) is 119 cm³/mol. The summed E-state index contributed by atoms with van der Waals surface area (Å²) in [6.07, 6.45) is 0. The minimum absolute atomic E-state index is 0.0468. The molecule has 0 aliphatic carbocycles. The summed E-state index contributed by atoms with van der Waals surface area (Å²) in [5.74, 6) is 0.676. The van der Waals surface area contributed by atoms with Crippen LogP contribution in [0.2, 0.25) is 0 Å². The second kappa shape index (κ2) is 9.42. The van der Waals surface area contributed by atoms with Gasteiger partial charge in [-0.3, -0.25) is 9.69 Å². The summed E-state index contributed by atoms with van der Waals surface area (Å²) in [4.78, 5) is 20.1. The molecule has 0 N–H and O–H groups in total. The summed E-state index contributed by atoms with van der Waals surface area (Å²) in [5.41, 5.74) is 2.76. The first-order valence-corrected chi connectivity index (χ1v) is 10.3. The van der Waals surface area contributed by atoms with Crippen molar-refractivity contribution in [2.24, 2.45) is 0 Å². The number of rotatable bonds is 6. The van der Waals surface area contributed by atoms with Crippen molar-refractivity contribution >= 4 is 5.91 Å². The molecule has 2 aromatic rings. The summed E-state index contributed by atoms with van der Waals surface area (Å²) in [6.45, 7) is 7.93. The average molecular weight is 396 g/mol. The lowest BCUT2D eigenvalue weighted by Crippen LogP contribution is -2.59. The Bertz CT molecular complexity index is 810. The number of carbonyl (C=O) groups excluding carboxylic acids is 1. The minimum atomic E-state index is 0.0468. The van der Waals surface area contributed by atoms with Crippen LogP contribution in [0.25, 0.3) is 11.1 Å². The fourth-order valence-electron chi connectivity index (χ4n) is 4.13. The van der Waals surface area contributed by atoms with Gasteiger partial charge in [0.2, 0.25) is 0 Å². The van der Waals surface area contributed by atoms with Crippen LogP contribution in [0.4, 0.5) is 0 Å². The number of amides is 1. The predicted octanol–water partition coefficient (Wildman–Crippen LogP) is 3.46. The summed E-state index contributed by atoms with van der Waals surface area (Å²) in [5, 5.41) is 0. The van der Waals surface area contributed by atoms with Crippen molar-refractivity contribution < 1.29 is 9.53 Å². The zero-order valence-corrected chi connectivity index (χ0v) is 18.3. The molecule has 1 aliphatic heterocycles. The molecule has 2 unspecified atom stereocenters. The van der Waals surface area contributed by atoms with Crippen LogP contribution in [0.5, 0.6) is 5.75 Å². The number of hydrogen-bond acceptors (Lipinski definition) is 4. The Morgan fingerprint density at radius 3 is 2.28 bits per heavy atom. The van der Waals surface area contributed by atoms with Crippen molar-refractivity contribution in [1.29, 1.82) is 0 Å². The van der Waals surface area contributed by atoms with E-state index in [4.69, 9.17) is 4.74 Å². The van der Waals surface area contributed by atoms with Gasteiger partial charge in [-0.25, -0.2) is 0 Å². The van der Waals surface area contributed by atoms with Gasteiger partial charge in [0, 0.05) is 38.3 Å². The molecule has 0 saturated carbocycles. The largest absolute Gasteiger partial charge is 0.496 e. The van der Waals surface area contributed by atoms with E-state index in [1.54, 1.807) is 7.11 Å². The van der Waals surface area contributed by atoms with E-state index in [0.29, 0.717) is 23.4 Å². The molecule has 0 spiro atoms. The van der Waals surface area contributed by atoms with Gasteiger partial charge in [0.15, 0.2) is 0 Å². The summed E-state index contributed by atoms with van der Waals surface area (Å²) in [6, 6.07) is 16.7. The van der Waals surface area contributed by atoms with E-state index in [9.17, 15) is 4.79 Å². The Labute approximate surface area is 174 Å². The first-order valence-electron chi connectivity index (χ1n) is 10.3. The monoisotopic (exact) mass is 395 g/mol. The van der Waals surface area contributed by atoms with E-state index < -0.39 is 0 Å². The maximum Gasteiger partial charge on any atom is 0.257 e. The van der Waals surface area contributed by atoms with Crippen LogP contribution >= 0.6 is 0 Å². The van der Waals surface area contributed by atoms with Gasteiger partial charge in [-0.05, 0) is 51.2 Å². The van der Waals surface area contributed by atoms with Crippen molar-refractivity contribution in [3.63, 3.8) is 0 Å². The molecule has 1 aliphatic rings. The molecule has 5 nitrogen and oxygen atoms in total. The summed E-state index contributed by atoms with van der Waals surface area (Å²) < 4.78 is 5.52. The zero-order valence-electron chi connectivity index (χ0n) is 18.3. The standard InChI is InChI=1S/C24H33N3O2/c1-18-16-26(17-19(2)27(18)14-13-25(3)4)24(28)22-15-21(11-12-23(22)29-5)20-9-7-6-8-10-20/h6-12,15,18-19H,13-14,16-17H2,1-5H3. The molecule has 5 heteroatoms. The fraction of sp³-hybridized carbons (Fsp3) is 0.458. The summed E-state index contributed by atoms with van der Waals surface area (Å²) >= 11 is 0. The molecule has 156 valence electrons. The second-order valence-corrected chi connectivity index (χ2v) is 8.23. The SMILES string of the molecule is COc1ccc(-c2ccccc2)cc1C(=O)N1CC(C)N(CCN(C)C)C(C)C1. The first-order chi connectivity index (χ1) is 13.9. The third-order valence-corrected chi connectivity index (χ3v) is 5.73. The molecule has 2 aromatic carbocycles. The first kappa shape index (κ1) is 21.3. The number of carbonyl (C=O) groups is 1. The van der Waals surface area contributed by atoms with Gasteiger partial charge in [0.05, 0.1) is 12.7 Å². The second-order valence-electron chi connectivity index (χ2n) is 8.23. The third kappa shape index (κ3) is 4.98. The van der Waals surface area contributed by atoms with Crippen molar-refractivity contribution in [3.05, 3.63) is 54.1 Å². The Hall–Kier alpha value is -2.37. The van der Waals surface area contributed by atoms with E-state index in [0.717, 1.165) is 37.3 Å². The molecule has 2 atom stereocenters. The number of hydrogen-bond donors (Lipinski definition) is 0. The highest BCUT2D eigenvalue weighted by molar-refractivity contribution is 5.98. The maximum absolute atomic E-state index is 13.4. The highest BCUT2D eigenvalue weighted by Crippen LogP contribution is 2.29. The summed E-state index contributed by atoms with van der Waals surface area (Å²) in [7, 11) is 5.82. The number of likely N-dealkylation sites (N-methyl/N-ethyl adjacent to an activating group) is 1. The van der Waals surface area contributed by atoms with Crippen LogP contribution in [-0.4, -0.2) is 80.1 Å². The van der Waals surface area contributed by atoms with Gasteiger partial charge in [-0.2, -0.15) is 0 Å². The smallest absolute Gasteiger partial charge is 0.257 e.